The SMILES string of the molecule is O=C(NCC1(c2ccccc2)CC1)c1nccs1. The van der Waals surface area contributed by atoms with Crippen molar-refractivity contribution in [1.82, 2.24) is 10.3 Å². The van der Waals surface area contributed by atoms with E-state index in [4.69, 9.17) is 0 Å². The molecule has 1 N–H and O–H groups in total. The lowest BCUT2D eigenvalue weighted by molar-refractivity contribution is 0.0949. The number of aromatic nitrogens is 1. The highest BCUT2D eigenvalue weighted by Gasteiger charge is 2.44. The number of carbonyl (C=O) groups is 1. The number of hydrogen-bond donors (Lipinski definition) is 1. The zero-order valence-electron chi connectivity index (χ0n) is 9.93. The third-order valence-corrected chi connectivity index (χ3v) is 4.23. The molecule has 1 aliphatic carbocycles. The Balaban J connectivity index is 1.66. The van der Waals surface area contributed by atoms with E-state index in [0.29, 0.717) is 11.6 Å². The van der Waals surface area contributed by atoms with Gasteiger partial charge in [0.2, 0.25) is 0 Å². The summed E-state index contributed by atoms with van der Waals surface area (Å²) in [6.45, 7) is 0.704. The first-order valence-electron chi connectivity index (χ1n) is 6.03. The summed E-state index contributed by atoms with van der Waals surface area (Å²) >= 11 is 1.37. The summed E-state index contributed by atoms with van der Waals surface area (Å²) in [7, 11) is 0. The van der Waals surface area contributed by atoms with Gasteiger partial charge >= 0.3 is 0 Å². The minimum atomic E-state index is -0.0628. The molecule has 92 valence electrons. The molecule has 3 nitrogen and oxygen atoms in total. The van der Waals surface area contributed by atoms with Crippen LogP contribution in [0.4, 0.5) is 0 Å². The van der Waals surface area contributed by atoms with Crippen molar-refractivity contribution in [1.29, 1.82) is 0 Å². The first-order chi connectivity index (χ1) is 8.80. The maximum Gasteiger partial charge on any atom is 0.280 e. The molecule has 0 atom stereocenters. The number of carbonyl (C=O) groups excluding carboxylic acids is 1. The molecule has 1 fully saturated rings. The molecule has 4 heteroatoms. The molecule has 0 spiro atoms. The largest absolute Gasteiger partial charge is 0.349 e. The van der Waals surface area contributed by atoms with Crippen molar-refractivity contribution in [3.05, 3.63) is 52.5 Å². The van der Waals surface area contributed by atoms with Gasteiger partial charge in [-0.15, -0.1) is 11.3 Å². The lowest BCUT2D eigenvalue weighted by Crippen LogP contribution is -2.32. The third kappa shape index (κ3) is 2.16. The van der Waals surface area contributed by atoms with Gasteiger partial charge in [0.1, 0.15) is 0 Å². The zero-order chi connectivity index (χ0) is 12.4. The summed E-state index contributed by atoms with van der Waals surface area (Å²) in [6, 6.07) is 10.4. The summed E-state index contributed by atoms with van der Waals surface area (Å²) in [4.78, 5) is 15.9. The number of thiazole rings is 1. The van der Waals surface area contributed by atoms with E-state index in [1.54, 1.807) is 6.20 Å². The maximum absolute atomic E-state index is 11.8. The minimum Gasteiger partial charge on any atom is -0.349 e. The van der Waals surface area contributed by atoms with Crippen molar-refractivity contribution in [2.75, 3.05) is 6.54 Å². The van der Waals surface area contributed by atoms with Crippen LogP contribution in [0.3, 0.4) is 0 Å². The minimum absolute atomic E-state index is 0.0628. The van der Waals surface area contributed by atoms with Crippen LogP contribution >= 0.6 is 11.3 Å². The van der Waals surface area contributed by atoms with E-state index in [9.17, 15) is 4.79 Å². The maximum atomic E-state index is 11.8. The molecular formula is C14H14N2OS. The second-order valence-electron chi connectivity index (χ2n) is 4.67. The highest BCUT2D eigenvalue weighted by molar-refractivity contribution is 7.11. The number of nitrogens with zero attached hydrogens (tertiary/aromatic N) is 1. The van der Waals surface area contributed by atoms with Gasteiger partial charge < -0.3 is 5.32 Å². The Morgan fingerprint density at radius 1 is 1.33 bits per heavy atom. The van der Waals surface area contributed by atoms with Gasteiger partial charge in [-0.3, -0.25) is 4.79 Å². The standard InChI is InChI=1S/C14H14N2OS/c17-12(13-15-8-9-18-13)16-10-14(6-7-14)11-4-2-1-3-5-11/h1-5,8-9H,6-7,10H2,(H,16,17). The predicted molar refractivity (Wildman–Crippen MR) is 71.8 cm³/mol. The van der Waals surface area contributed by atoms with E-state index >= 15 is 0 Å². The average molecular weight is 258 g/mol. The quantitative estimate of drug-likeness (QED) is 0.916. The van der Waals surface area contributed by atoms with Crippen molar-refractivity contribution in [2.45, 2.75) is 18.3 Å². The lowest BCUT2D eigenvalue weighted by Gasteiger charge is -2.15. The van der Waals surface area contributed by atoms with E-state index in [2.05, 4.69) is 34.6 Å². The fourth-order valence-corrected chi connectivity index (χ4v) is 2.72. The Labute approximate surface area is 110 Å². The highest BCUT2D eigenvalue weighted by atomic mass is 32.1. The normalized spacial score (nSPS) is 16.2. The van der Waals surface area contributed by atoms with Gasteiger partial charge in [0, 0.05) is 23.5 Å². The van der Waals surface area contributed by atoms with Crippen LogP contribution in [-0.2, 0) is 5.41 Å². The van der Waals surface area contributed by atoms with Gasteiger partial charge in [-0.2, -0.15) is 0 Å². The predicted octanol–water partition coefficient (Wildman–Crippen LogP) is 2.60. The fourth-order valence-electron chi connectivity index (χ4n) is 2.17. The van der Waals surface area contributed by atoms with E-state index in [0.717, 1.165) is 12.8 Å². The molecule has 2 aromatic rings. The highest BCUT2D eigenvalue weighted by Crippen LogP contribution is 2.47. The molecule has 1 aromatic heterocycles. The van der Waals surface area contributed by atoms with Crippen LogP contribution in [0, 0.1) is 0 Å². The molecule has 1 aliphatic rings. The number of rotatable bonds is 4. The van der Waals surface area contributed by atoms with Crippen molar-refractivity contribution < 1.29 is 4.79 Å². The van der Waals surface area contributed by atoms with Crippen LogP contribution in [0.1, 0.15) is 28.2 Å². The molecule has 0 aliphatic heterocycles. The summed E-state index contributed by atoms with van der Waals surface area (Å²) in [5.41, 5.74) is 1.48. The molecule has 0 unspecified atom stereocenters. The Bertz CT molecular complexity index is 532. The van der Waals surface area contributed by atoms with Gasteiger partial charge in [0.15, 0.2) is 5.01 Å². The van der Waals surface area contributed by atoms with Crippen molar-refractivity contribution >= 4 is 17.2 Å². The van der Waals surface area contributed by atoms with Gasteiger partial charge in [-0.1, -0.05) is 30.3 Å². The summed E-state index contributed by atoms with van der Waals surface area (Å²) in [5, 5.41) is 5.35. The van der Waals surface area contributed by atoms with Crippen molar-refractivity contribution in [2.24, 2.45) is 0 Å². The van der Waals surface area contributed by atoms with Crippen LogP contribution < -0.4 is 5.32 Å². The molecule has 1 aromatic carbocycles. The monoisotopic (exact) mass is 258 g/mol. The Morgan fingerprint density at radius 3 is 2.72 bits per heavy atom. The molecule has 3 rings (SSSR count). The molecule has 1 amide bonds. The van der Waals surface area contributed by atoms with Crippen molar-refractivity contribution in [3.8, 4) is 0 Å². The molecule has 0 saturated heterocycles. The Kier molecular flexibility index (Phi) is 2.88. The molecular weight excluding hydrogens is 244 g/mol. The summed E-state index contributed by atoms with van der Waals surface area (Å²) in [5.74, 6) is -0.0628. The fraction of sp³-hybridized carbons (Fsp3) is 0.286. The van der Waals surface area contributed by atoms with Crippen molar-refractivity contribution in [3.63, 3.8) is 0 Å². The zero-order valence-corrected chi connectivity index (χ0v) is 10.7. The first kappa shape index (κ1) is 11.4. The lowest BCUT2D eigenvalue weighted by atomic mass is 9.96. The first-order valence-corrected chi connectivity index (χ1v) is 6.91. The number of nitrogens with one attached hydrogen (secondary N) is 1. The van der Waals surface area contributed by atoms with Gasteiger partial charge in [-0.25, -0.2) is 4.98 Å². The van der Waals surface area contributed by atoms with Gasteiger partial charge in [0.25, 0.3) is 5.91 Å². The van der Waals surface area contributed by atoms with Crippen LogP contribution in [0.2, 0.25) is 0 Å². The Hall–Kier alpha value is -1.68. The molecule has 0 bridgehead atoms. The molecule has 1 heterocycles. The van der Waals surface area contributed by atoms with E-state index in [1.807, 2.05) is 11.4 Å². The number of hydrogen-bond acceptors (Lipinski definition) is 3. The van der Waals surface area contributed by atoms with Gasteiger partial charge in [-0.05, 0) is 18.4 Å². The number of benzene rings is 1. The summed E-state index contributed by atoms with van der Waals surface area (Å²) < 4.78 is 0. The molecule has 1 saturated carbocycles. The number of amides is 1. The van der Waals surface area contributed by atoms with E-state index < -0.39 is 0 Å². The average Bonchev–Trinajstić information content (AvgIpc) is 3.01. The molecule has 0 radical (unpaired) electrons. The topological polar surface area (TPSA) is 42.0 Å². The van der Waals surface area contributed by atoms with Crippen LogP contribution in [0.5, 0.6) is 0 Å². The second-order valence-corrected chi connectivity index (χ2v) is 5.56. The van der Waals surface area contributed by atoms with Crippen LogP contribution in [0.15, 0.2) is 41.9 Å². The second kappa shape index (κ2) is 4.53. The summed E-state index contributed by atoms with van der Waals surface area (Å²) in [6.07, 6.45) is 3.95. The van der Waals surface area contributed by atoms with Crippen LogP contribution in [-0.4, -0.2) is 17.4 Å². The third-order valence-electron chi connectivity index (χ3n) is 3.45. The van der Waals surface area contributed by atoms with E-state index in [-0.39, 0.29) is 11.3 Å². The van der Waals surface area contributed by atoms with E-state index in [1.165, 1.54) is 16.9 Å². The van der Waals surface area contributed by atoms with Crippen LogP contribution in [0.25, 0.3) is 0 Å². The smallest absolute Gasteiger partial charge is 0.280 e. The van der Waals surface area contributed by atoms with Gasteiger partial charge in [0.05, 0.1) is 0 Å². The molecule has 18 heavy (non-hydrogen) atoms. The Morgan fingerprint density at radius 2 is 2.11 bits per heavy atom.